The number of hydrogen-bond donors (Lipinski definition) is 3. The lowest BCUT2D eigenvalue weighted by atomic mass is 9.86. The highest BCUT2D eigenvalue weighted by Gasteiger charge is 2.28. The lowest BCUT2D eigenvalue weighted by Gasteiger charge is -2.41. The van der Waals surface area contributed by atoms with Crippen LogP contribution in [-0.4, -0.2) is 83.6 Å². The standard InChI is InChI=1S/C17H35N5O3S.HI/c1-17(2,22-8-10-25-11-9-22)14-20-16(18-3)19-7-12-26(23,24)21-13-15-5-4-6-15;/h15,21H,4-14H2,1-3H3,(H2,18,19,20);1H. The number of sulfonamides is 1. The molecule has 0 radical (unpaired) electrons. The summed E-state index contributed by atoms with van der Waals surface area (Å²) < 4.78 is 32.2. The van der Waals surface area contributed by atoms with E-state index in [9.17, 15) is 8.42 Å². The van der Waals surface area contributed by atoms with Crippen LogP contribution in [0.25, 0.3) is 0 Å². The van der Waals surface area contributed by atoms with Crippen molar-refractivity contribution >= 4 is 40.0 Å². The fourth-order valence-electron chi connectivity index (χ4n) is 3.12. The summed E-state index contributed by atoms with van der Waals surface area (Å²) in [5.41, 5.74) is -0.0300. The van der Waals surface area contributed by atoms with Crippen molar-refractivity contribution in [1.82, 2.24) is 20.3 Å². The number of hydrogen-bond acceptors (Lipinski definition) is 5. The summed E-state index contributed by atoms with van der Waals surface area (Å²) in [7, 11) is -1.54. The van der Waals surface area contributed by atoms with Gasteiger partial charge in [-0.05, 0) is 32.6 Å². The molecule has 1 heterocycles. The minimum Gasteiger partial charge on any atom is -0.379 e. The van der Waals surface area contributed by atoms with Gasteiger partial charge < -0.3 is 15.4 Å². The second kappa shape index (κ2) is 11.7. The molecule has 1 saturated heterocycles. The molecule has 2 rings (SSSR count). The van der Waals surface area contributed by atoms with Crippen LogP contribution >= 0.6 is 24.0 Å². The highest BCUT2D eigenvalue weighted by molar-refractivity contribution is 14.0. The van der Waals surface area contributed by atoms with Gasteiger partial charge in [-0.25, -0.2) is 13.1 Å². The van der Waals surface area contributed by atoms with Crippen LogP contribution in [0, 0.1) is 5.92 Å². The Balaban J connectivity index is 0.00000364. The first-order valence-corrected chi connectivity index (χ1v) is 11.2. The number of rotatable bonds is 9. The van der Waals surface area contributed by atoms with Gasteiger partial charge in [-0.3, -0.25) is 9.89 Å². The van der Waals surface area contributed by atoms with E-state index in [2.05, 4.69) is 39.1 Å². The minimum atomic E-state index is -3.23. The second-order valence-electron chi connectivity index (χ2n) is 7.73. The zero-order valence-electron chi connectivity index (χ0n) is 16.8. The third-order valence-corrected chi connectivity index (χ3v) is 6.61. The van der Waals surface area contributed by atoms with Crippen molar-refractivity contribution in [3.63, 3.8) is 0 Å². The van der Waals surface area contributed by atoms with Crippen molar-refractivity contribution in [3.8, 4) is 0 Å². The predicted octanol–water partition coefficient (Wildman–Crippen LogP) is 0.600. The molecule has 2 fully saturated rings. The molecule has 0 amide bonds. The molecule has 0 aromatic rings. The fourth-order valence-corrected chi connectivity index (χ4v) is 4.12. The number of morpholine rings is 1. The third-order valence-electron chi connectivity index (χ3n) is 5.26. The summed E-state index contributed by atoms with van der Waals surface area (Å²) in [5.74, 6) is 1.20. The van der Waals surface area contributed by atoms with E-state index in [1.54, 1.807) is 7.05 Å². The van der Waals surface area contributed by atoms with Crippen molar-refractivity contribution in [2.75, 3.05) is 58.7 Å². The second-order valence-corrected chi connectivity index (χ2v) is 9.66. The van der Waals surface area contributed by atoms with Crippen LogP contribution < -0.4 is 15.4 Å². The Hall–Kier alpha value is -0.170. The first-order chi connectivity index (χ1) is 12.3. The molecule has 0 unspecified atom stereocenters. The number of aliphatic imine (C=N–C) groups is 1. The fraction of sp³-hybridized carbons (Fsp3) is 0.941. The van der Waals surface area contributed by atoms with Gasteiger partial charge in [0.2, 0.25) is 10.0 Å². The Kier molecular flexibility index (Phi) is 10.8. The summed E-state index contributed by atoms with van der Waals surface area (Å²) in [4.78, 5) is 6.58. The Morgan fingerprint density at radius 1 is 1.22 bits per heavy atom. The quantitative estimate of drug-likeness (QED) is 0.236. The molecule has 2 aliphatic rings. The van der Waals surface area contributed by atoms with Gasteiger partial charge in [-0.2, -0.15) is 0 Å². The average molecular weight is 517 g/mol. The monoisotopic (exact) mass is 517 g/mol. The molecule has 27 heavy (non-hydrogen) atoms. The molecule has 10 heteroatoms. The number of guanidine groups is 1. The van der Waals surface area contributed by atoms with Crippen LogP contribution in [0.15, 0.2) is 4.99 Å². The van der Waals surface area contributed by atoms with Crippen molar-refractivity contribution in [2.45, 2.75) is 38.6 Å². The van der Waals surface area contributed by atoms with Crippen molar-refractivity contribution in [2.24, 2.45) is 10.9 Å². The molecular weight excluding hydrogens is 481 g/mol. The van der Waals surface area contributed by atoms with Gasteiger partial charge in [-0.1, -0.05) is 6.42 Å². The van der Waals surface area contributed by atoms with Crippen LogP contribution in [0.4, 0.5) is 0 Å². The molecule has 0 aromatic carbocycles. The van der Waals surface area contributed by atoms with E-state index in [0.717, 1.165) is 45.7 Å². The first kappa shape index (κ1) is 24.9. The van der Waals surface area contributed by atoms with Gasteiger partial charge >= 0.3 is 0 Å². The van der Waals surface area contributed by atoms with Crippen molar-refractivity contribution in [1.29, 1.82) is 0 Å². The van der Waals surface area contributed by atoms with E-state index in [0.29, 0.717) is 25.0 Å². The van der Waals surface area contributed by atoms with Crippen molar-refractivity contribution < 1.29 is 13.2 Å². The molecule has 8 nitrogen and oxygen atoms in total. The van der Waals surface area contributed by atoms with Crippen LogP contribution in [0.1, 0.15) is 33.1 Å². The van der Waals surface area contributed by atoms with E-state index in [-0.39, 0.29) is 35.3 Å². The Bertz CT molecular complexity index is 561. The van der Waals surface area contributed by atoms with Gasteiger partial charge in [0.05, 0.1) is 19.0 Å². The summed E-state index contributed by atoms with van der Waals surface area (Å²) in [6, 6.07) is 0. The van der Waals surface area contributed by atoms with E-state index in [1.807, 2.05) is 0 Å². The first-order valence-electron chi connectivity index (χ1n) is 9.57. The molecule has 1 saturated carbocycles. The van der Waals surface area contributed by atoms with Gasteiger partial charge in [-0.15, -0.1) is 24.0 Å². The molecule has 0 atom stereocenters. The maximum Gasteiger partial charge on any atom is 0.213 e. The SMILES string of the molecule is CN=C(NCCS(=O)(=O)NCC1CCC1)NCC(C)(C)N1CCOCC1.I. The number of halogens is 1. The minimum absolute atomic E-state index is 0. The summed E-state index contributed by atoms with van der Waals surface area (Å²) in [6.45, 7) is 9.38. The number of nitrogens with one attached hydrogen (secondary N) is 3. The van der Waals surface area contributed by atoms with Gasteiger partial charge in [0.25, 0.3) is 0 Å². The average Bonchev–Trinajstić information content (AvgIpc) is 2.57. The third kappa shape index (κ3) is 8.80. The Labute approximate surface area is 181 Å². The zero-order chi connectivity index (χ0) is 19.0. The normalized spacial score (nSPS) is 19.9. The Morgan fingerprint density at radius 3 is 2.44 bits per heavy atom. The molecule has 0 bridgehead atoms. The van der Waals surface area contributed by atoms with E-state index in [1.165, 1.54) is 6.42 Å². The van der Waals surface area contributed by atoms with E-state index in [4.69, 9.17) is 4.74 Å². The Morgan fingerprint density at radius 2 is 1.89 bits per heavy atom. The number of ether oxygens (including phenoxy) is 1. The molecule has 3 N–H and O–H groups in total. The van der Waals surface area contributed by atoms with Gasteiger partial charge in [0.15, 0.2) is 5.96 Å². The molecule has 0 aromatic heterocycles. The molecule has 1 aliphatic carbocycles. The van der Waals surface area contributed by atoms with Crippen LogP contribution in [-0.2, 0) is 14.8 Å². The largest absolute Gasteiger partial charge is 0.379 e. The van der Waals surface area contributed by atoms with Crippen molar-refractivity contribution in [3.05, 3.63) is 0 Å². The molecular formula is C17H36IN5O3S. The molecule has 1 aliphatic heterocycles. The van der Waals surface area contributed by atoms with Gasteiger partial charge in [0.1, 0.15) is 0 Å². The summed E-state index contributed by atoms with van der Waals surface area (Å²) in [6.07, 6.45) is 3.49. The van der Waals surface area contributed by atoms with E-state index >= 15 is 0 Å². The summed E-state index contributed by atoms with van der Waals surface area (Å²) >= 11 is 0. The van der Waals surface area contributed by atoms with Crippen LogP contribution in [0.5, 0.6) is 0 Å². The summed E-state index contributed by atoms with van der Waals surface area (Å²) in [5, 5.41) is 6.40. The highest BCUT2D eigenvalue weighted by atomic mass is 127. The molecule has 0 spiro atoms. The lowest BCUT2D eigenvalue weighted by molar-refractivity contribution is -0.00833. The lowest BCUT2D eigenvalue weighted by Crippen LogP contribution is -2.56. The smallest absolute Gasteiger partial charge is 0.213 e. The topological polar surface area (TPSA) is 95.1 Å². The molecule has 160 valence electrons. The highest BCUT2D eigenvalue weighted by Crippen LogP contribution is 2.25. The van der Waals surface area contributed by atoms with Gasteiger partial charge in [0, 0.05) is 45.3 Å². The maximum absolute atomic E-state index is 12.0. The van der Waals surface area contributed by atoms with Crippen LogP contribution in [0.3, 0.4) is 0 Å². The van der Waals surface area contributed by atoms with Crippen LogP contribution in [0.2, 0.25) is 0 Å². The number of nitrogens with zero attached hydrogens (tertiary/aromatic N) is 2. The zero-order valence-corrected chi connectivity index (χ0v) is 19.9. The van der Waals surface area contributed by atoms with E-state index < -0.39 is 10.0 Å². The predicted molar refractivity (Wildman–Crippen MR) is 120 cm³/mol. The maximum atomic E-state index is 12.0.